The number of hydrogen-bond donors (Lipinski definition) is 2. The topological polar surface area (TPSA) is 104 Å². The van der Waals surface area contributed by atoms with Gasteiger partial charge >= 0.3 is 6.03 Å². The smallest absolute Gasteiger partial charge is 0.318 e. The molecule has 0 saturated carbocycles. The second kappa shape index (κ2) is 6.80. The van der Waals surface area contributed by atoms with E-state index in [1.54, 1.807) is 4.90 Å². The Bertz CT molecular complexity index is 932. The first kappa shape index (κ1) is 18.5. The fraction of sp³-hybridized carbons (Fsp3) is 0.350. The van der Waals surface area contributed by atoms with Gasteiger partial charge in [-0.25, -0.2) is 4.79 Å². The van der Waals surface area contributed by atoms with E-state index in [1.807, 2.05) is 55.7 Å². The van der Waals surface area contributed by atoms with Crippen LogP contribution in [-0.2, 0) is 13.1 Å². The Morgan fingerprint density at radius 1 is 1.19 bits per heavy atom. The number of carbonyl (C=O) groups excluding carboxylic acids is 2. The van der Waals surface area contributed by atoms with Crippen LogP contribution in [0.15, 0.2) is 30.3 Å². The zero-order valence-corrected chi connectivity index (χ0v) is 15.7. The summed E-state index contributed by atoms with van der Waals surface area (Å²) >= 11 is 0. The van der Waals surface area contributed by atoms with E-state index in [-0.39, 0.29) is 29.2 Å². The van der Waals surface area contributed by atoms with Crippen LogP contribution in [0.1, 0.15) is 42.4 Å². The summed E-state index contributed by atoms with van der Waals surface area (Å²) in [5, 5.41) is 12.7. The Morgan fingerprint density at radius 2 is 1.85 bits per heavy atom. The third-order valence-corrected chi connectivity index (χ3v) is 4.48. The number of aromatic nitrogens is 1. The molecule has 1 aromatic carbocycles. The molecule has 7 nitrogen and oxygen atoms in total. The summed E-state index contributed by atoms with van der Waals surface area (Å²) in [6, 6.07) is 11.4. The van der Waals surface area contributed by atoms with Crippen LogP contribution in [0, 0.1) is 11.3 Å². The lowest BCUT2D eigenvalue weighted by molar-refractivity contribution is 0.0996. The highest BCUT2D eigenvalue weighted by atomic mass is 16.2. The van der Waals surface area contributed by atoms with Crippen molar-refractivity contribution in [3.05, 3.63) is 47.2 Å². The Balaban J connectivity index is 2.09. The van der Waals surface area contributed by atoms with Gasteiger partial charge in [-0.2, -0.15) is 5.26 Å². The van der Waals surface area contributed by atoms with Crippen molar-refractivity contribution in [2.45, 2.75) is 39.4 Å². The molecular formula is C20H23N5O2. The maximum Gasteiger partial charge on any atom is 0.318 e. The molecule has 0 spiro atoms. The normalized spacial score (nSPS) is 13.6. The van der Waals surface area contributed by atoms with Crippen LogP contribution >= 0.6 is 0 Å². The lowest BCUT2D eigenvalue weighted by Crippen LogP contribution is -2.50. The molecule has 3 rings (SSSR count). The second-order valence-electron chi connectivity index (χ2n) is 7.64. The zero-order chi connectivity index (χ0) is 19.8. The molecule has 0 saturated heterocycles. The lowest BCUT2D eigenvalue weighted by Gasteiger charge is -2.33. The van der Waals surface area contributed by atoms with Crippen LogP contribution < -0.4 is 11.1 Å². The third-order valence-electron chi connectivity index (χ3n) is 4.48. The summed E-state index contributed by atoms with van der Waals surface area (Å²) in [6.45, 7) is 6.92. The summed E-state index contributed by atoms with van der Waals surface area (Å²) < 4.78 is 1.94. The number of benzene rings is 1. The van der Waals surface area contributed by atoms with Crippen LogP contribution in [0.3, 0.4) is 0 Å². The van der Waals surface area contributed by atoms with Crippen molar-refractivity contribution in [2.24, 2.45) is 5.73 Å². The molecule has 27 heavy (non-hydrogen) atoms. The van der Waals surface area contributed by atoms with Crippen molar-refractivity contribution in [3.8, 4) is 17.3 Å². The molecule has 2 heterocycles. The zero-order valence-electron chi connectivity index (χ0n) is 15.7. The molecule has 3 amide bonds. The molecular weight excluding hydrogens is 342 g/mol. The number of rotatable bonds is 2. The fourth-order valence-corrected chi connectivity index (χ4v) is 3.40. The third kappa shape index (κ3) is 3.51. The van der Waals surface area contributed by atoms with Gasteiger partial charge < -0.3 is 20.5 Å². The Labute approximate surface area is 158 Å². The van der Waals surface area contributed by atoms with Crippen molar-refractivity contribution in [1.82, 2.24) is 14.8 Å². The van der Waals surface area contributed by atoms with Gasteiger partial charge in [-0.05, 0) is 26.3 Å². The average Bonchev–Trinajstić information content (AvgIpc) is 2.94. The minimum atomic E-state index is -0.657. The number of hydrogen-bond acceptors (Lipinski definition) is 3. The lowest BCUT2D eigenvalue weighted by atomic mass is 10.0. The van der Waals surface area contributed by atoms with Gasteiger partial charge in [0.2, 0.25) is 0 Å². The summed E-state index contributed by atoms with van der Waals surface area (Å²) in [6.07, 6.45) is 0. The fourth-order valence-electron chi connectivity index (χ4n) is 3.40. The molecule has 0 atom stereocenters. The summed E-state index contributed by atoms with van der Waals surface area (Å²) in [5.74, 6) is -0.657. The van der Waals surface area contributed by atoms with E-state index in [4.69, 9.17) is 5.73 Å². The standard InChI is InChI=1S/C20H23N5O2/c1-20(2,3)23-19(27)24-9-10-25-15(12-24)16(18(22)26)14(11-21)17(25)13-7-5-4-6-8-13/h4-8H,9-10,12H2,1-3H3,(H2,22,26)(H,23,27). The van der Waals surface area contributed by atoms with Gasteiger partial charge in [-0.3, -0.25) is 4.79 Å². The molecule has 1 aromatic heterocycles. The Hall–Kier alpha value is -3.27. The average molecular weight is 365 g/mol. The number of primary amides is 1. The van der Waals surface area contributed by atoms with E-state index in [2.05, 4.69) is 11.4 Å². The number of urea groups is 1. The van der Waals surface area contributed by atoms with E-state index in [9.17, 15) is 14.9 Å². The van der Waals surface area contributed by atoms with Crippen LogP contribution in [-0.4, -0.2) is 33.5 Å². The largest absolute Gasteiger partial charge is 0.366 e. The molecule has 1 aliphatic rings. The first-order valence-electron chi connectivity index (χ1n) is 8.80. The molecule has 0 radical (unpaired) electrons. The van der Waals surface area contributed by atoms with E-state index in [0.29, 0.717) is 24.5 Å². The first-order valence-corrected chi connectivity index (χ1v) is 8.80. The maximum atomic E-state index is 12.6. The highest BCUT2D eigenvalue weighted by Crippen LogP contribution is 2.34. The van der Waals surface area contributed by atoms with Gasteiger partial charge in [0.1, 0.15) is 6.07 Å². The van der Waals surface area contributed by atoms with Crippen LogP contribution in [0.4, 0.5) is 4.79 Å². The SMILES string of the molecule is CC(C)(C)NC(=O)N1CCn2c(c(C(N)=O)c(C#N)c2-c2ccccc2)C1. The number of nitrogens with one attached hydrogen (secondary N) is 1. The van der Waals surface area contributed by atoms with Gasteiger partial charge in [0.05, 0.1) is 29.1 Å². The van der Waals surface area contributed by atoms with Crippen molar-refractivity contribution < 1.29 is 9.59 Å². The van der Waals surface area contributed by atoms with Crippen LogP contribution in [0.25, 0.3) is 11.3 Å². The Kier molecular flexibility index (Phi) is 4.66. The molecule has 7 heteroatoms. The molecule has 1 aliphatic heterocycles. The van der Waals surface area contributed by atoms with Crippen LogP contribution in [0.5, 0.6) is 0 Å². The molecule has 0 aliphatic carbocycles. The van der Waals surface area contributed by atoms with Crippen molar-refractivity contribution in [3.63, 3.8) is 0 Å². The van der Waals surface area contributed by atoms with Crippen molar-refractivity contribution in [1.29, 1.82) is 5.26 Å². The molecule has 2 aromatic rings. The van der Waals surface area contributed by atoms with Gasteiger partial charge in [0, 0.05) is 18.6 Å². The maximum absolute atomic E-state index is 12.6. The highest BCUT2D eigenvalue weighted by molar-refractivity contribution is 5.99. The monoisotopic (exact) mass is 365 g/mol. The highest BCUT2D eigenvalue weighted by Gasteiger charge is 2.32. The molecule has 0 bridgehead atoms. The predicted octanol–water partition coefficient (Wildman–Crippen LogP) is 2.45. The van der Waals surface area contributed by atoms with Crippen LogP contribution in [0.2, 0.25) is 0 Å². The molecule has 140 valence electrons. The van der Waals surface area contributed by atoms with E-state index in [1.165, 1.54) is 0 Å². The number of nitrogens with zero attached hydrogens (tertiary/aromatic N) is 3. The number of fused-ring (bicyclic) bond motifs is 1. The molecule has 3 N–H and O–H groups in total. The van der Waals surface area contributed by atoms with Gasteiger partial charge in [0.15, 0.2) is 0 Å². The van der Waals surface area contributed by atoms with Gasteiger partial charge in [-0.15, -0.1) is 0 Å². The molecule has 0 fully saturated rings. The summed E-state index contributed by atoms with van der Waals surface area (Å²) in [5.41, 5.74) is 7.83. The summed E-state index contributed by atoms with van der Waals surface area (Å²) in [7, 11) is 0. The number of amides is 3. The summed E-state index contributed by atoms with van der Waals surface area (Å²) in [4.78, 5) is 26.3. The number of nitriles is 1. The van der Waals surface area contributed by atoms with E-state index >= 15 is 0 Å². The predicted molar refractivity (Wildman–Crippen MR) is 102 cm³/mol. The molecule has 0 unspecified atom stereocenters. The Morgan fingerprint density at radius 3 is 2.41 bits per heavy atom. The second-order valence-corrected chi connectivity index (χ2v) is 7.64. The first-order chi connectivity index (χ1) is 12.7. The number of carbonyl (C=O) groups is 2. The number of nitrogens with two attached hydrogens (primary N) is 1. The van der Waals surface area contributed by atoms with E-state index < -0.39 is 5.91 Å². The van der Waals surface area contributed by atoms with E-state index in [0.717, 1.165) is 5.56 Å². The quantitative estimate of drug-likeness (QED) is 0.854. The van der Waals surface area contributed by atoms with Crippen molar-refractivity contribution >= 4 is 11.9 Å². The minimum absolute atomic E-state index is 0.199. The van der Waals surface area contributed by atoms with Gasteiger partial charge in [0.25, 0.3) is 5.91 Å². The van der Waals surface area contributed by atoms with Crippen molar-refractivity contribution in [2.75, 3.05) is 6.54 Å². The van der Waals surface area contributed by atoms with Gasteiger partial charge in [-0.1, -0.05) is 30.3 Å². The minimum Gasteiger partial charge on any atom is -0.366 e.